The zero-order valence-electron chi connectivity index (χ0n) is 10.3. The van der Waals surface area contributed by atoms with Crippen molar-refractivity contribution in [2.24, 2.45) is 5.92 Å². The van der Waals surface area contributed by atoms with E-state index in [0.29, 0.717) is 5.92 Å². The van der Waals surface area contributed by atoms with Gasteiger partial charge in [-0.1, -0.05) is 0 Å². The highest BCUT2D eigenvalue weighted by Gasteiger charge is 2.35. The number of hydrogen-bond donors (Lipinski definition) is 1. The molecule has 0 saturated carbocycles. The standard InChI is InChI=1S/C12H22N2O2/c1-12(2)11(15)14(6-5-13-12)9-10-3-7-16-8-4-10/h10,13H,3-9H2,1-2H3. The molecule has 2 aliphatic heterocycles. The fourth-order valence-electron chi connectivity index (χ4n) is 2.49. The minimum Gasteiger partial charge on any atom is -0.381 e. The molecule has 0 aromatic carbocycles. The third kappa shape index (κ3) is 2.55. The van der Waals surface area contributed by atoms with E-state index in [1.54, 1.807) is 0 Å². The maximum Gasteiger partial charge on any atom is 0.242 e. The van der Waals surface area contributed by atoms with Crippen molar-refractivity contribution in [3.05, 3.63) is 0 Å². The Hall–Kier alpha value is -0.610. The molecule has 2 aliphatic rings. The first-order valence-electron chi connectivity index (χ1n) is 6.22. The molecule has 2 saturated heterocycles. The van der Waals surface area contributed by atoms with Gasteiger partial charge in [-0.05, 0) is 32.6 Å². The second-order valence-corrected chi connectivity index (χ2v) is 5.36. The Morgan fingerprint density at radius 2 is 2.12 bits per heavy atom. The topological polar surface area (TPSA) is 41.6 Å². The van der Waals surface area contributed by atoms with Gasteiger partial charge in [0.2, 0.25) is 5.91 Å². The fraction of sp³-hybridized carbons (Fsp3) is 0.917. The SMILES string of the molecule is CC1(C)NCCN(CC2CCOCC2)C1=O. The summed E-state index contributed by atoms with van der Waals surface area (Å²) in [6, 6.07) is 0. The molecule has 1 amide bonds. The van der Waals surface area contributed by atoms with Crippen molar-refractivity contribution in [1.29, 1.82) is 0 Å². The van der Waals surface area contributed by atoms with Crippen LogP contribution in [-0.4, -0.2) is 49.2 Å². The van der Waals surface area contributed by atoms with E-state index in [0.717, 1.165) is 45.7 Å². The van der Waals surface area contributed by atoms with E-state index in [-0.39, 0.29) is 11.4 Å². The molecule has 4 heteroatoms. The maximum absolute atomic E-state index is 12.2. The molecule has 2 fully saturated rings. The summed E-state index contributed by atoms with van der Waals surface area (Å²) in [5, 5.41) is 3.26. The van der Waals surface area contributed by atoms with Crippen LogP contribution < -0.4 is 5.32 Å². The molecule has 4 nitrogen and oxygen atoms in total. The Balaban J connectivity index is 1.90. The largest absolute Gasteiger partial charge is 0.381 e. The van der Waals surface area contributed by atoms with E-state index in [9.17, 15) is 4.79 Å². The lowest BCUT2D eigenvalue weighted by molar-refractivity contribution is -0.141. The molecular weight excluding hydrogens is 204 g/mol. The smallest absolute Gasteiger partial charge is 0.242 e. The lowest BCUT2D eigenvalue weighted by atomic mass is 9.96. The van der Waals surface area contributed by atoms with Crippen molar-refractivity contribution in [3.8, 4) is 0 Å². The van der Waals surface area contributed by atoms with Gasteiger partial charge in [-0.25, -0.2) is 0 Å². The van der Waals surface area contributed by atoms with E-state index in [2.05, 4.69) is 5.32 Å². The van der Waals surface area contributed by atoms with Crippen molar-refractivity contribution >= 4 is 5.91 Å². The van der Waals surface area contributed by atoms with Crippen LogP contribution >= 0.6 is 0 Å². The Bertz CT molecular complexity index is 260. The molecule has 0 aliphatic carbocycles. The molecular formula is C12H22N2O2. The maximum atomic E-state index is 12.2. The van der Waals surface area contributed by atoms with Gasteiger partial charge < -0.3 is 15.0 Å². The number of amides is 1. The molecule has 92 valence electrons. The van der Waals surface area contributed by atoms with Crippen LogP contribution in [0.2, 0.25) is 0 Å². The first-order valence-corrected chi connectivity index (χ1v) is 6.22. The molecule has 16 heavy (non-hydrogen) atoms. The summed E-state index contributed by atoms with van der Waals surface area (Å²) in [4.78, 5) is 14.2. The zero-order valence-corrected chi connectivity index (χ0v) is 10.3. The third-order valence-corrected chi connectivity index (χ3v) is 3.59. The monoisotopic (exact) mass is 226 g/mol. The highest BCUT2D eigenvalue weighted by atomic mass is 16.5. The van der Waals surface area contributed by atoms with E-state index < -0.39 is 0 Å². The number of hydrogen-bond acceptors (Lipinski definition) is 3. The quantitative estimate of drug-likeness (QED) is 0.750. The second-order valence-electron chi connectivity index (χ2n) is 5.36. The predicted molar refractivity (Wildman–Crippen MR) is 62.2 cm³/mol. The molecule has 1 N–H and O–H groups in total. The van der Waals surface area contributed by atoms with Crippen molar-refractivity contribution in [2.75, 3.05) is 32.8 Å². The van der Waals surface area contributed by atoms with Crippen LogP contribution in [0.4, 0.5) is 0 Å². The summed E-state index contributed by atoms with van der Waals surface area (Å²) in [5.74, 6) is 0.872. The third-order valence-electron chi connectivity index (χ3n) is 3.59. The van der Waals surface area contributed by atoms with E-state index >= 15 is 0 Å². The van der Waals surface area contributed by atoms with E-state index in [1.807, 2.05) is 18.7 Å². The van der Waals surface area contributed by atoms with E-state index in [4.69, 9.17) is 4.74 Å². The van der Waals surface area contributed by atoms with Gasteiger partial charge in [-0.3, -0.25) is 4.79 Å². The molecule has 2 rings (SSSR count). The Morgan fingerprint density at radius 1 is 1.44 bits per heavy atom. The summed E-state index contributed by atoms with van der Waals surface area (Å²) in [6.07, 6.45) is 2.19. The van der Waals surface area contributed by atoms with Crippen LogP contribution in [0.25, 0.3) is 0 Å². The second kappa shape index (κ2) is 4.72. The van der Waals surface area contributed by atoms with Crippen LogP contribution in [0.3, 0.4) is 0 Å². The number of carbonyl (C=O) groups excluding carboxylic acids is 1. The molecule has 0 bridgehead atoms. The van der Waals surface area contributed by atoms with Crippen LogP contribution in [0, 0.1) is 5.92 Å². The molecule has 0 aromatic rings. The van der Waals surface area contributed by atoms with Gasteiger partial charge in [0, 0.05) is 32.8 Å². The minimum absolute atomic E-state index is 0.241. The number of nitrogens with one attached hydrogen (secondary N) is 1. The van der Waals surface area contributed by atoms with Gasteiger partial charge in [0.15, 0.2) is 0 Å². The fourth-order valence-corrected chi connectivity index (χ4v) is 2.49. The summed E-state index contributed by atoms with van der Waals surface area (Å²) in [6.45, 7) is 8.30. The molecule has 0 aromatic heterocycles. The number of carbonyl (C=O) groups is 1. The molecule has 2 heterocycles. The van der Waals surface area contributed by atoms with Gasteiger partial charge in [0.05, 0.1) is 5.54 Å². The molecule has 0 radical (unpaired) electrons. The average molecular weight is 226 g/mol. The van der Waals surface area contributed by atoms with Gasteiger partial charge in [0.25, 0.3) is 0 Å². The Kier molecular flexibility index (Phi) is 3.50. The average Bonchev–Trinajstić information content (AvgIpc) is 2.26. The molecule has 0 unspecified atom stereocenters. The van der Waals surface area contributed by atoms with Gasteiger partial charge in [-0.2, -0.15) is 0 Å². The summed E-state index contributed by atoms with van der Waals surface area (Å²) < 4.78 is 5.34. The first-order chi connectivity index (χ1) is 7.59. The van der Waals surface area contributed by atoms with Crippen LogP contribution in [0.1, 0.15) is 26.7 Å². The van der Waals surface area contributed by atoms with E-state index in [1.165, 1.54) is 0 Å². The van der Waals surface area contributed by atoms with Crippen molar-refractivity contribution in [1.82, 2.24) is 10.2 Å². The number of ether oxygens (including phenoxy) is 1. The highest BCUT2D eigenvalue weighted by Crippen LogP contribution is 2.19. The summed E-state index contributed by atoms with van der Waals surface area (Å²) >= 11 is 0. The number of rotatable bonds is 2. The van der Waals surface area contributed by atoms with Gasteiger partial charge in [0.1, 0.15) is 0 Å². The summed E-state index contributed by atoms with van der Waals surface area (Å²) in [7, 11) is 0. The zero-order chi connectivity index (χ0) is 11.6. The minimum atomic E-state index is -0.385. The Morgan fingerprint density at radius 3 is 2.81 bits per heavy atom. The Labute approximate surface area is 97.3 Å². The molecule has 0 atom stereocenters. The van der Waals surface area contributed by atoms with Crippen molar-refractivity contribution in [2.45, 2.75) is 32.2 Å². The van der Waals surface area contributed by atoms with Gasteiger partial charge in [-0.15, -0.1) is 0 Å². The predicted octanol–water partition coefficient (Wildman–Crippen LogP) is 0.623. The lowest BCUT2D eigenvalue weighted by Gasteiger charge is -2.40. The number of nitrogens with zero attached hydrogens (tertiary/aromatic N) is 1. The normalized spacial score (nSPS) is 27.1. The first kappa shape index (κ1) is 11.9. The van der Waals surface area contributed by atoms with Crippen LogP contribution in [0.15, 0.2) is 0 Å². The lowest BCUT2D eigenvalue weighted by Crippen LogP contribution is -2.61. The van der Waals surface area contributed by atoms with Crippen LogP contribution in [-0.2, 0) is 9.53 Å². The van der Waals surface area contributed by atoms with Crippen molar-refractivity contribution < 1.29 is 9.53 Å². The van der Waals surface area contributed by atoms with Gasteiger partial charge >= 0.3 is 0 Å². The van der Waals surface area contributed by atoms with Crippen molar-refractivity contribution in [3.63, 3.8) is 0 Å². The van der Waals surface area contributed by atoms with Crippen LogP contribution in [0.5, 0.6) is 0 Å². The number of piperazine rings is 1. The highest BCUT2D eigenvalue weighted by molar-refractivity contribution is 5.86. The summed E-state index contributed by atoms with van der Waals surface area (Å²) in [5.41, 5.74) is -0.385. The molecule has 0 spiro atoms.